The predicted octanol–water partition coefficient (Wildman–Crippen LogP) is 2.25. The maximum atomic E-state index is 5.82. The molecule has 2 aliphatic rings. The van der Waals surface area contributed by atoms with Crippen LogP contribution in [0.5, 0.6) is 0 Å². The molecule has 2 unspecified atom stereocenters. The first-order valence-corrected chi connectivity index (χ1v) is 10.6. The van der Waals surface area contributed by atoms with Gasteiger partial charge in [0.05, 0.1) is 19.3 Å². The lowest BCUT2D eigenvalue weighted by molar-refractivity contribution is 0.0420. The first-order chi connectivity index (χ1) is 12.7. The van der Waals surface area contributed by atoms with Crippen LogP contribution in [0.2, 0.25) is 0 Å². The summed E-state index contributed by atoms with van der Waals surface area (Å²) in [5.74, 6) is 1.65. The summed E-state index contributed by atoms with van der Waals surface area (Å²) >= 11 is 0. The molecule has 2 aliphatic heterocycles. The van der Waals surface area contributed by atoms with Gasteiger partial charge in [0.25, 0.3) is 0 Å². The summed E-state index contributed by atoms with van der Waals surface area (Å²) in [6, 6.07) is 0.568. The summed E-state index contributed by atoms with van der Waals surface area (Å²) < 4.78 is 11.2. The summed E-state index contributed by atoms with van der Waals surface area (Å²) in [6.45, 7) is 14.2. The third kappa shape index (κ3) is 8.23. The smallest absolute Gasteiger partial charge is 0.191 e. The van der Waals surface area contributed by atoms with Gasteiger partial charge in [-0.2, -0.15) is 0 Å². The maximum Gasteiger partial charge on any atom is 0.191 e. The molecule has 0 amide bonds. The molecular formula is C20H40N4O2. The van der Waals surface area contributed by atoms with E-state index in [0.717, 1.165) is 58.3 Å². The van der Waals surface area contributed by atoms with Gasteiger partial charge in [-0.25, -0.2) is 0 Å². The van der Waals surface area contributed by atoms with Crippen molar-refractivity contribution in [2.45, 2.75) is 65.0 Å². The number of nitrogens with zero attached hydrogens (tertiary/aromatic N) is 2. The summed E-state index contributed by atoms with van der Waals surface area (Å²) in [6.07, 6.45) is 6.22. The summed E-state index contributed by atoms with van der Waals surface area (Å²) in [4.78, 5) is 7.51. The van der Waals surface area contributed by atoms with E-state index >= 15 is 0 Å². The lowest BCUT2D eigenvalue weighted by Gasteiger charge is -2.28. The van der Waals surface area contributed by atoms with Crippen LogP contribution in [0.4, 0.5) is 0 Å². The van der Waals surface area contributed by atoms with Crippen molar-refractivity contribution in [1.29, 1.82) is 0 Å². The Morgan fingerprint density at radius 3 is 2.73 bits per heavy atom. The standard InChI is InChI=1S/C20H40N4O2/c1-4-21-20(22-9-7-12-26-19-8-13-25-16-19)23-15-18(14-17(2)3)24-10-5-6-11-24/h17-19H,4-16H2,1-3H3,(H2,21,22,23). The van der Waals surface area contributed by atoms with E-state index < -0.39 is 0 Å². The van der Waals surface area contributed by atoms with Crippen LogP contribution in [-0.4, -0.2) is 75.5 Å². The Hall–Kier alpha value is -0.850. The number of ether oxygens (including phenoxy) is 2. The third-order valence-electron chi connectivity index (χ3n) is 5.06. The van der Waals surface area contributed by atoms with Crippen LogP contribution >= 0.6 is 0 Å². The molecule has 2 heterocycles. The molecule has 2 rings (SSSR count). The molecule has 0 aromatic heterocycles. The largest absolute Gasteiger partial charge is 0.379 e. The van der Waals surface area contributed by atoms with Crippen LogP contribution in [0.15, 0.2) is 4.99 Å². The number of guanidine groups is 1. The van der Waals surface area contributed by atoms with Crippen LogP contribution < -0.4 is 10.6 Å². The van der Waals surface area contributed by atoms with E-state index in [4.69, 9.17) is 14.5 Å². The fraction of sp³-hybridized carbons (Fsp3) is 0.950. The highest BCUT2D eigenvalue weighted by molar-refractivity contribution is 5.79. The second-order valence-corrected chi connectivity index (χ2v) is 7.88. The van der Waals surface area contributed by atoms with Gasteiger partial charge in [-0.05, 0) is 58.0 Å². The molecule has 0 aliphatic carbocycles. The van der Waals surface area contributed by atoms with Crippen LogP contribution in [0.25, 0.3) is 0 Å². The second-order valence-electron chi connectivity index (χ2n) is 7.88. The van der Waals surface area contributed by atoms with Gasteiger partial charge in [0.1, 0.15) is 0 Å². The molecular weight excluding hydrogens is 328 g/mol. The minimum Gasteiger partial charge on any atom is -0.379 e. The average molecular weight is 369 g/mol. The van der Waals surface area contributed by atoms with Crippen molar-refractivity contribution < 1.29 is 9.47 Å². The molecule has 0 aromatic carbocycles. The molecule has 0 saturated carbocycles. The van der Waals surface area contributed by atoms with Crippen molar-refractivity contribution in [2.75, 3.05) is 52.5 Å². The molecule has 152 valence electrons. The van der Waals surface area contributed by atoms with Gasteiger partial charge in [-0.1, -0.05) is 13.8 Å². The van der Waals surface area contributed by atoms with Crippen molar-refractivity contribution in [3.8, 4) is 0 Å². The monoisotopic (exact) mass is 368 g/mol. The third-order valence-corrected chi connectivity index (χ3v) is 5.06. The van der Waals surface area contributed by atoms with E-state index in [9.17, 15) is 0 Å². The molecule has 0 radical (unpaired) electrons. The van der Waals surface area contributed by atoms with Crippen LogP contribution in [-0.2, 0) is 9.47 Å². The van der Waals surface area contributed by atoms with Gasteiger partial charge < -0.3 is 20.1 Å². The molecule has 6 nitrogen and oxygen atoms in total. The Balaban J connectivity index is 1.72. The van der Waals surface area contributed by atoms with Gasteiger partial charge >= 0.3 is 0 Å². The fourth-order valence-corrected chi connectivity index (χ4v) is 3.70. The van der Waals surface area contributed by atoms with E-state index in [1.807, 2.05) is 0 Å². The zero-order chi connectivity index (χ0) is 18.6. The fourth-order valence-electron chi connectivity index (χ4n) is 3.70. The molecule has 0 aromatic rings. The quantitative estimate of drug-likeness (QED) is 0.333. The molecule has 26 heavy (non-hydrogen) atoms. The van der Waals surface area contributed by atoms with Crippen molar-refractivity contribution in [1.82, 2.24) is 15.5 Å². The number of hydrogen-bond donors (Lipinski definition) is 2. The first kappa shape index (κ1) is 21.5. The van der Waals surface area contributed by atoms with Gasteiger partial charge in [-0.3, -0.25) is 9.89 Å². The normalized spacial score (nSPS) is 22.9. The molecule has 2 saturated heterocycles. The van der Waals surface area contributed by atoms with E-state index in [-0.39, 0.29) is 0 Å². The summed E-state index contributed by atoms with van der Waals surface area (Å²) in [5, 5.41) is 6.83. The van der Waals surface area contributed by atoms with E-state index in [2.05, 4.69) is 36.3 Å². The zero-order valence-electron chi connectivity index (χ0n) is 17.1. The van der Waals surface area contributed by atoms with Gasteiger partial charge in [0, 0.05) is 32.3 Å². The Morgan fingerprint density at radius 2 is 2.08 bits per heavy atom. The van der Waals surface area contributed by atoms with Gasteiger partial charge in [-0.15, -0.1) is 0 Å². The van der Waals surface area contributed by atoms with E-state index in [1.165, 1.54) is 32.4 Å². The van der Waals surface area contributed by atoms with E-state index in [0.29, 0.717) is 18.1 Å². The maximum absolute atomic E-state index is 5.82. The molecule has 0 spiro atoms. The summed E-state index contributed by atoms with van der Waals surface area (Å²) in [5.41, 5.74) is 0. The molecule has 0 bridgehead atoms. The lowest BCUT2D eigenvalue weighted by Crippen LogP contribution is -2.41. The van der Waals surface area contributed by atoms with Crippen molar-refractivity contribution >= 4 is 5.96 Å². The van der Waals surface area contributed by atoms with Crippen molar-refractivity contribution in [3.63, 3.8) is 0 Å². The molecule has 2 atom stereocenters. The molecule has 6 heteroatoms. The highest BCUT2D eigenvalue weighted by atomic mass is 16.5. The van der Waals surface area contributed by atoms with Gasteiger partial charge in [0.2, 0.25) is 0 Å². The van der Waals surface area contributed by atoms with Crippen LogP contribution in [0.3, 0.4) is 0 Å². The Labute approximate surface area is 160 Å². The van der Waals surface area contributed by atoms with E-state index in [1.54, 1.807) is 0 Å². The van der Waals surface area contributed by atoms with Gasteiger partial charge in [0.15, 0.2) is 5.96 Å². The van der Waals surface area contributed by atoms with Crippen LogP contribution in [0, 0.1) is 5.92 Å². The summed E-state index contributed by atoms with van der Waals surface area (Å²) in [7, 11) is 0. The number of aliphatic imine (C=N–C) groups is 1. The zero-order valence-corrected chi connectivity index (χ0v) is 17.1. The minimum atomic E-state index is 0.300. The lowest BCUT2D eigenvalue weighted by atomic mass is 10.0. The Kier molecular flexibility index (Phi) is 10.3. The average Bonchev–Trinajstić information content (AvgIpc) is 3.31. The number of rotatable bonds is 11. The van der Waals surface area contributed by atoms with Crippen LogP contribution in [0.1, 0.15) is 52.9 Å². The second kappa shape index (κ2) is 12.5. The molecule has 2 fully saturated rings. The Morgan fingerprint density at radius 1 is 1.27 bits per heavy atom. The Bertz CT molecular complexity index is 391. The highest BCUT2D eigenvalue weighted by Crippen LogP contribution is 2.18. The number of hydrogen-bond acceptors (Lipinski definition) is 4. The number of likely N-dealkylation sites (tertiary alicyclic amines) is 1. The predicted molar refractivity (Wildman–Crippen MR) is 108 cm³/mol. The first-order valence-electron chi connectivity index (χ1n) is 10.6. The minimum absolute atomic E-state index is 0.300. The highest BCUT2D eigenvalue weighted by Gasteiger charge is 2.22. The SMILES string of the molecule is CCNC(=NCC(CC(C)C)N1CCCC1)NCCCOC1CCOC1. The molecule has 2 N–H and O–H groups in total. The van der Waals surface area contributed by atoms with Crippen molar-refractivity contribution in [3.05, 3.63) is 0 Å². The number of nitrogens with one attached hydrogen (secondary N) is 2. The topological polar surface area (TPSA) is 58.1 Å². The van der Waals surface area contributed by atoms with Crippen molar-refractivity contribution in [2.24, 2.45) is 10.9 Å².